The Morgan fingerprint density at radius 3 is 2.57 bits per heavy atom. The van der Waals surface area contributed by atoms with Gasteiger partial charge in [0.05, 0.1) is 0 Å². The molecule has 0 aliphatic heterocycles. The largest absolute Gasteiger partial charge is 0.447 e. The number of nitrogens with one attached hydrogen (secondary N) is 2. The van der Waals surface area contributed by atoms with Gasteiger partial charge in [0.25, 0.3) is 0 Å². The van der Waals surface area contributed by atoms with Crippen molar-refractivity contribution in [3.05, 3.63) is 71.1 Å². The van der Waals surface area contributed by atoms with E-state index in [1.165, 1.54) is 17.5 Å². The van der Waals surface area contributed by atoms with Crippen LogP contribution in [0.4, 0.5) is 16.2 Å². The van der Waals surface area contributed by atoms with Crippen LogP contribution in [0.2, 0.25) is 0 Å². The molecule has 0 fully saturated rings. The van der Waals surface area contributed by atoms with Crippen molar-refractivity contribution in [3.8, 4) is 10.8 Å². The first-order valence-electron chi connectivity index (χ1n) is 10.2. The maximum absolute atomic E-state index is 12.4. The van der Waals surface area contributed by atoms with Crippen LogP contribution in [0.5, 0.6) is 10.8 Å². The molecule has 3 aromatic rings. The maximum atomic E-state index is 12.4. The first kappa shape index (κ1) is 20.4. The number of anilines is 2. The number of nitrogens with zero attached hydrogens (tertiary/aromatic N) is 1. The van der Waals surface area contributed by atoms with E-state index in [0.717, 1.165) is 41.6 Å². The summed E-state index contributed by atoms with van der Waals surface area (Å²) in [6.45, 7) is 1.12. The van der Waals surface area contributed by atoms with Gasteiger partial charge < -0.3 is 20.3 Å². The van der Waals surface area contributed by atoms with E-state index >= 15 is 0 Å². The molecule has 2 amide bonds. The predicted octanol–water partition coefficient (Wildman–Crippen LogP) is 5.85. The lowest BCUT2D eigenvalue weighted by atomic mass is 9.83. The zero-order valence-electron chi connectivity index (χ0n) is 17.4. The van der Waals surface area contributed by atoms with Crippen LogP contribution in [-0.2, 0) is 12.8 Å². The summed E-state index contributed by atoms with van der Waals surface area (Å²) in [6, 6.07) is 17.2. The second-order valence-corrected chi connectivity index (χ2v) is 8.90. The van der Waals surface area contributed by atoms with Crippen molar-refractivity contribution in [3.63, 3.8) is 0 Å². The summed E-state index contributed by atoms with van der Waals surface area (Å²) in [7, 11) is 4.26. The molecule has 0 bridgehead atoms. The number of ether oxygens (including phenoxy) is 1. The first-order chi connectivity index (χ1) is 14.5. The molecule has 4 rings (SSSR count). The molecule has 1 aromatic heterocycles. The molecule has 0 saturated carbocycles. The molecule has 2 N–H and O–H groups in total. The van der Waals surface area contributed by atoms with E-state index in [-0.39, 0.29) is 6.03 Å². The van der Waals surface area contributed by atoms with Gasteiger partial charge in [0.2, 0.25) is 0 Å². The quantitative estimate of drug-likeness (QED) is 0.525. The molecular formula is C24H27N3O2S. The van der Waals surface area contributed by atoms with Gasteiger partial charge in [0, 0.05) is 17.9 Å². The number of benzene rings is 2. The summed E-state index contributed by atoms with van der Waals surface area (Å²) in [6.07, 6.45) is 3.37. The maximum Gasteiger partial charge on any atom is 0.323 e. The van der Waals surface area contributed by atoms with Crippen molar-refractivity contribution in [2.75, 3.05) is 31.3 Å². The van der Waals surface area contributed by atoms with Crippen molar-refractivity contribution >= 4 is 28.7 Å². The van der Waals surface area contributed by atoms with Gasteiger partial charge in [0.15, 0.2) is 5.06 Å². The second kappa shape index (κ2) is 9.32. The summed E-state index contributed by atoms with van der Waals surface area (Å²) in [5, 5.41) is 8.64. The van der Waals surface area contributed by atoms with Gasteiger partial charge in [-0.25, -0.2) is 4.79 Å². The minimum absolute atomic E-state index is 0.247. The van der Waals surface area contributed by atoms with Crippen LogP contribution in [0.25, 0.3) is 0 Å². The van der Waals surface area contributed by atoms with Crippen molar-refractivity contribution in [2.45, 2.75) is 19.3 Å². The average molecular weight is 422 g/mol. The van der Waals surface area contributed by atoms with Crippen LogP contribution in [0.15, 0.2) is 60.0 Å². The number of thiophene rings is 1. The summed E-state index contributed by atoms with van der Waals surface area (Å²) in [5.41, 5.74) is 4.30. The highest BCUT2D eigenvalue weighted by molar-refractivity contribution is 7.11. The smallest absolute Gasteiger partial charge is 0.323 e. The molecule has 0 spiro atoms. The van der Waals surface area contributed by atoms with Crippen LogP contribution in [-0.4, -0.2) is 31.6 Å². The number of aryl methyl sites for hydroxylation is 1. The lowest BCUT2D eigenvalue weighted by Gasteiger charge is -2.27. The van der Waals surface area contributed by atoms with Gasteiger partial charge in [0.1, 0.15) is 5.75 Å². The van der Waals surface area contributed by atoms with Crippen molar-refractivity contribution in [1.29, 1.82) is 0 Å². The van der Waals surface area contributed by atoms with E-state index in [4.69, 9.17) is 4.74 Å². The number of hydrogen-bond acceptors (Lipinski definition) is 4. The Morgan fingerprint density at radius 1 is 1.07 bits per heavy atom. The molecule has 1 aliphatic rings. The van der Waals surface area contributed by atoms with E-state index in [1.54, 1.807) is 11.3 Å². The molecule has 1 heterocycles. The SMILES string of the molecule is CN(C)CC1CCc2cc(NC(=O)Nc3ccc(Oc4cccs4)cc3)ccc2C1. The van der Waals surface area contributed by atoms with Gasteiger partial charge in [-0.2, -0.15) is 0 Å². The van der Waals surface area contributed by atoms with Crippen molar-refractivity contribution in [1.82, 2.24) is 4.90 Å². The van der Waals surface area contributed by atoms with Gasteiger partial charge in [-0.15, -0.1) is 11.3 Å². The molecule has 2 aromatic carbocycles. The van der Waals surface area contributed by atoms with Gasteiger partial charge in [-0.05, 0) is 104 Å². The van der Waals surface area contributed by atoms with Crippen LogP contribution in [0.1, 0.15) is 17.5 Å². The van der Waals surface area contributed by atoms with E-state index < -0.39 is 0 Å². The van der Waals surface area contributed by atoms with Crippen molar-refractivity contribution in [2.24, 2.45) is 5.92 Å². The molecule has 0 saturated heterocycles. The van der Waals surface area contributed by atoms with E-state index in [9.17, 15) is 4.79 Å². The number of fused-ring (bicyclic) bond motifs is 1. The van der Waals surface area contributed by atoms with E-state index in [2.05, 4.69) is 41.8 Å². The Hall–Kier alpha value is -2.83. The van der Waals surface area contributed by atoms with Crippen LogP contribution >= 0.6 is 11.3 Å². The monoisotopic (exact) mass is 421 g/mol. The molecule has 1 unspecified atom stereocenters. The molecule has 0 radical (unpaired) electrons. The fraction of sp³-hybridized carbons (Fsp3) is 0.292. The number of carbonyl (C=O) groups excluding carboxylic acids is 1. The number of carbonyl (C=O) groups is 1. The lowest BCUT2D eigenvalue weighted by Crippen LogP contribution is -2.26. The Kier molecular flexibility index (Phi) is 6.35. The Bertz CT molecular complexity index is 984. The standard InChI is InChI=1S/C24H27N3O2S/c1-27(2)16-17-5-6-19-15-21(8-7-18(19)14-17)26-24(28)25-20-9-11-22(12-10-20)29-23-4-3-13-30-23/h3-4,7-13,15,17H,5-6,14,16H2,1-2H3,(H2,25,26,28). The molecule has 6 heteroatoms. The topological polar surface area (TPSA) is 53.6 Å². The summed E-state index contributed by atoms with van der Waals surface area (Å²) in [5.74, 6) is 1.45. The second-order valence-electron chi connectivity index (χ2n) is 7.99. The van der Waals surface area contributed by atoms with E-state index in [0.29, 0.717) is 5.92 Å². The number of urea groups is 1. The fourth-order valence-corrected chi connectivity index (χ4v) is 4.51. The molecule has 5 nitrogen and oxygen atoms in total. The Labute approximate surface area is 181 Å². The molecule has 1 aliphatic carbocycles. The molecule has 30 heavy (non-hydrogen) atoms. The third kappa shape index (κ3) is 5.40. The molecule has 156 valence electrons. The van der Waals surface area contributed by atoms with Gasteiger partial charge in [-0.3, -0.25) is 0 Å². The third-order valence-electron chi connectivity index (χ3n) is 5.24. The average Bonchev–Trinajstić information content (AvgIpc) is 3.22. The molecule has 1 atom stereocenters. The highest BCUT2D eigenvalue weighted by atomic mass is 32.1. The van der Waals surface area contributed by atoms with Gasteiger partial charge in [-0.1, -0.05) is 6.07 Å². The number of hydrogen-bond donors (Lipinski definition) is 2. The summed E-state index contributed by atoms with van der Waals surface area (Å²) >= 11 is 1.54. The zero-order chi connectivity index (χ0) is 20.9. The predicted molar refractivity (Wildman–Crippen MR) is 124 cm³/mol. The van der Waals surface area contributed by atoms with Crippen molar-refractivity contribution < 1.29 is 9.53 Å². The zero-order valence-corrected chi connectivity index (χ0v) is 18.2. The minimum Gasteiger partial charge on any atom is -0.447 e. The summed E-state index contributed by atoms with van der Waals surface area (Å²) < 4.78 is 5.74. The van der Waals surface area contributed by atoms with E-state index in [1.807, 2.05) is 47.8 Å². The lowest BCUT2D eigenvalue weighted by molar-refractivity contribution is 0.262. The van der Waals surface area contributed by atoms with Crippen LogP contribution in [0.3, 0.4) is 0 Å². The summed E-state index contributed by atoms with van der Waals surface area (Å²) in [4.78, 5) is 14.7. The third-order valence-corrected chi connectivity index (χ3v) is 5.99. The van der Waals surface area contributed by atoms with Gasteiger partial charge >= 0.3 is 6.03 Å². The number of rotatable bonds is 6. The Morgan fingerprint density at radius 2 is 1.83 bits per heavy atom. The number of amides is 2. The molecular weight excluding hydrogens is 394 g/mol. The van der Waals surface area contributed by atoms with Crippen LogP contribution < -0.4 is 15.4 Å². The fourth-order valence-electron chi connectivity index (χ4n) is 3.92. The van der Waals surface area contributed by atoms with Crippen LogP contribution in [0, 0.1) is 5.92 Å². The first-order valence-corrected chi connectivity index (χ1v) is 11.1. The highest BCUT2D eigenvalue weighted by Crippen LogP contribution is 2.29. The highest BCUT2D eigenvalue weighted by Gasteiger charge is 2.19. The Balaban J connectivity index is 1.32. The minimum atomic E-state index is -0.247. The normalized spacial score (nSPS) is 15.5.